The van der Waals surface area contributed by atoms with E-state index in [1.165, 1.54) is 20.1 Å². The zero-order chi connectivity index (χ0) is 17.3. The zero-order valence-corrected chi connectivity index (χ0v) is 14.5. The first-order chi connectivity index (χ1) is 10.8. The van der Waals surface area contributed by atoms with Crippen LogP contribution in [0.3, 0.4) is 0 Å². The number of furan rings is 1. The van der Waals surface area contributed by atoms with Crippen molar-refractivity contribution in [1.29, 1.82) is 0 Å². The largest absolute Gasteiger partial charge is 0.465 e. The van der Waals surface area contributed by atoms with Crippen molar-refractivity contribution < 1.29 is 22.4 Å². The summed E-state index contributed by atoms with van der Waals surface area (Å²) in [6.07, 6.45) is 3.60. The minimum absolute atomic E-state index is 0.103. The Hall–Kier alpha value is -1.38. The maximum Gasteiger partial charge on any atom is 0.341 e. The molecule has 2 unspecified atom stereocenters. The van der Waals surface area contributed by atoms with Gasteiger partial charge in [-0.1, -0.05) is 19.8 Å². The lowest BCUT2D eigenvalue weighted by molar-refractivity contribution is 0.0598. The average molecular weight is 344 g/mol. The Morgan fingerprint density at radius 1 is 1.52 bits per heavy atom. The summed E-state index contributed by atoms with van der Waals surface area (Å²) in [7, 11) is -2.68. The second kappa shape index (κ2) is 6.62. The van der Waals surface area contributed by atoms with Crippen molar-refractivity contribution in [2.24, 2.45) is 11.7 Å². The number of sulfonamides is 1. The lowest BCUT2D eigenvalue weighted by Gasteiger charge is -2.41. The van der Waals surface area contributed by atoms with Gasteiger partial charge in [-0.3, -0.25) is 0 Å². The Kier molecular flexibility index (Phi) is 5.17. The molecule has 0 saturated heterocycles. The summed E-state index contributed by atoms with van der Waals surface area (Å²) in [5, 5.41) is -0.291. The van der Waals surface area contributed by atoms with Gasteiger partial charge in [0.05, 0.1) is 7.11 Å². The van der Waals surface area contributed by atoms with E-state index < -0.39 is 21.5 Å². The Morgan fingerprint density at radius 3 is 2.78 bits per heavy atom. The predicted octanol–water partition coefficient (Wildman–Crippen LogP) is 1.56. The molecule has 1 aromatic heterocycles. The first kappa shape index (κ1) is 18.0. The molecule has 1 aromatic rings. The highest BCUT2D eigenvalue weighted by atomic mass is 32.2. The van der Waals surface area contributed by atoms with Crippen LogP contribution in [0, 0.1) is 12.8 Å². The highest BCUT2D eigenvalue weighted by molar-refractivity contribution is 7.89. The summed E-state index contributed by atoms with van der Waals surface area (Å²) in [6, 6.07) is 1.20. The smallest absolute Gasteiger partial charge is 0.341 e. The van der Waals surface area contributed by atoms with E-state index in [0.717, 1.165) is 19.3 Å². The lowest BCUT2D eigenvalue weighted by Crippen LogP contribution is -2.58. The van der Waals surface area contributed by atoms with Crippen LogP contribution in [0.4, 0.5) is 0 Å². The Balaban J connectivity index is 2.33. The fraction of sp³-hybridized carbons (Fsp3) is 0.667. The predicted molar refractivity (Wildman–Crippen MR) is 84.5 cm³/mol. The maximum atomic E-state index is 12.7. The van der Waals surface area contributed by atoms with E-state index in [2.05, 4.69) is 9.46 Å². The van der Waals surface area contributed by atoms with Gasteiger partial charge in [0.25, 0.3) is 10.0 Å². The van der Waals surface area contributed by atoms with Gasteiger partial charge in [0.2, 0.25) is 5.09 Å². The minimum Gasteiger partial charge on any atom is -0.465 e. The molecule has 1 aliphatic rings. The summed E-state index contributed by atoms with van der Waals surface area (Å²) in [5.41, 5.74) is 5.31. The van der Waals surface area contributed by atoms with E-state index in [9.17, 15) is 13.2 Å². The standard InChI is InChI=1S/C15H24N2O5S/c1-10-6-4-5-7-15(10,9-16)17-23(19,20)13-8-12(11(2)22-13)14(18)21-3/h8,10,17H,4-7,9,16H2,1-3H3. The number of ether oxygens (including phenoxy) is 1. The highest BCUT2D eigenvalue weighted by Gasteiger charge is 2.41. The Morgan fingerprint density at radius 2 is 2.22 bits per heavy atom. The fourth-order valence-corrected chi connectivity index (χ4v) is 4.66. The molecular formula is C15H24N2O5S. The maximum absolute atomic E-state index is 12.7. The third-order valence-electron chi connectivity index (χ3n) is 4.72. The summed E-state index contributed by atoms with van der Waals surface area (Å²) in [5.74, 6) is -0.296. The summed E-state index contributed by atoms with van der Waals surface area (Å²) < 4.78 is 38.0. The third kappa shape index (κ3) is 3.44. The molecule has 2 atom stereocenters. The number of carbonyl (C=O) groups is 1. The van der Waals surface area contributed by atoms with Gasteiger partial charge < -0.3 is 14.9 Å². The van der Waals surface area contributed by atoms with E-state index in [-0.39, 0.29) is 28.9 Å². The van der Waals surface area contributed by atoms with Crippen LogP contribution in [0.5, 0.6) is 0 Å². The molecule has 1 heterocycles. The van der Waals surface area contributed by atoms with Crippen molar-refractivity contribution in [2.75, 3.05) is 13.7 Å². The second-order valence-electron chi connectivity index (χ2n) is 6.14. The first-order valence-electron chi connectivity index (χ1n) is 7.68. The Bertz CT molecular complexity index is 682. The van der Waals surface area contributed by atoms with E-state index in [1.807, 2.05) is 6.92 Å². The number of aryl methyl sites for hydroxylation is 1. The number of nitrogens with two attached hydrogens (primary N) is 1. The Labute approximate surface area is 136 Å². The van der Waals surface area contributed by atoms with Crippen LogP contribution in [-0.4, -0.2) is 33.6 Å². The van der Waals surface area contributed by atoms with Crippen LogP contribution >= 0.6 is 0 Å². The van der Waals surface area contributed by atoms with Gasteiger partial charge in [0, 0.05) is 18.2 Å². The van der Waals surface area contributed by atoms with Gasteiger partial charge in [0.1, 0.15) is 11.3 Å². The molecule has 3 N–H and O–H groups in total. The number of rotatable bonds is 5. The van der Waals surface area contributed by atoms with Gasteiger partial charge in [-0.15, -0.1) is 0 Å². The van der Waals surface area contributed by atoms with Gasteiger partial charge in [-0.05, 0) is 25.7 Å². The molecule has 0 spiro atoms. The molecular weight excluding hydrogens is 320 g/mol. The molecule has 0 aliphatic heterocycles. The molecule has 23 heavy (non-hydrogen) atoms. The molecule has 0 bridgehead atoms. The van der Waals surface area contributed by atoms with E-state index in [1.54, 1.807) is 0 Å². The number of esters is 1. The molecule has 0 radical (unpaired) electrons. The highest BCUT2D eigenvalue weighted by Crippen LogP contribution is 2.34. The van der Waals surface area contributed by atoms with Crippen molar-refractivity contribution in [2.45, 2.75) is 50.2 Å². The van der Waals surface area contributed by atoms with Crippen molar-refractivity contribution in [3.05, 3.63) is 17.4 Å². The van der Waals surface area contributed by atoms with Crippen LogP contribution in [-0.2, 0) is 14.8 Å². The van der Waals surface area contributed by atoms with Gasteiger partial charge >= 0.3 is 5.97 Å². The number of hydrogen-bond acceptors (Lipinski definition) is 6. The lowest BCUT2D eigenvalue weighted by atomic mass is 9.74. The van der Waals surface area contributed by atoms with Crippen molar-refractivity contribution in [1.82, 2.24) is 4.72 Å². The van der Waals surface area contributed by atoms with E-state index in [0.29, 0.717) is 6.42 Å². The number of nitrogens with one attached hydrogen (secondary N) is 1. The number of carbonyl (C=O) groups excluding carboxylic acids is 1. The molecule has 1 fully saturated rings. The fourth-order valence-electron chi connectivity index (χ4n) is 3.13. The number of hydrogen-bond donors (Lipinski definition) is 2. The van der Waals surface area contributed by atoms with Crippen LogP contribution in [0.15, 0.2) is 15.6 Å². The van der Waals surface area contributed by atoms with Crippen LogP contribution < -0.4 is 10.5 Å². The first-order valence-corrected chi connectivity index (χ1v) is 9.17. The van der Waals surface area contributed by atoms with Crippen molar-refractivity contribution in [3.8, 4) is 0 Å². The SMILES string of the molecule is COC(=O)c1cc(S(=O)(=O)NC2(CN)CCCCC2C)oc1C. The van der Waals surface area contributed by atoms with Crippen LogP contribution in [0.2, 0.25) is 0 Å². The summed E-state index contributed by atoms with van der Waals surface area (Å²) in [4.78, 5) is 11.6. The monoisotopic (exact) mass is 344 g/mol. The molecule has 7 nitrogen and oxygen atoms in total. The molecule has 2 rings (SSSR count). The molecule has 1 saturated carbocycles. The van der Waals surface area contributed by atoms with Crippen molar-refractivity contribution >= 4 is 16.0 Å². The number of methoxy groups -OCH3 is 1. The van der Waals surface area contributed by atoms with Gasteiger partial charge in [-0.25, -0.2) is 17.9 Å². The van der Waals surface area contributed by atoms with Crippen molar-refractivity contribution in [3.63, 3.8) is 0 Å². The summed E-state index contributed by atoms with van der Waals surface area (Å²) >= 11 is 0. The van der Waals surface area contributed by atoms with E-state index in [4.69, 9.17) is 10.2 Å². The molecule has 1 aliphatic carbocycles. The normalized spacial score (nSPS) is 25.3. The van der Waals surface area contributed by atoms with E-state index >= 15 is 0 Å². The van der Waals surface area contributed by atoms with Crippen LogP contribution in [0.1, 0.15) is 48.7 Å². The third-order valence-corrected chi connectivity index (χ3v) is 6.13. The second-order valence-corrected chi connectivity index (χ2v) is 7.75. The molecule has 0 aromatic carbocycles. The minimum atomic E-state index is -3.91. The molecule has 130 valence electrons. The average Bonchev–Trinajstić information content (AvgIpc) is 2.91. The quantitative estimate of drug-likeness (QED) is 0.784. The summed E-state index contributed by atoms with van der Waals surface area (Å²) in [6.45, 7) is 3.74. The topological polar surface area (TPSA) is 112 Å². The van der Waals surface area contributed by atoms with Gasteiger partial charge in [0.15, 0.2) is 0 Å². The zero-order valence-electron chi connectivity index (χ0n) is 13.7. The van der Waals surface area contributed by atoms with Crippen LogP contribution in [0.25, 0.3) is 0 Å². The van der Waals surface area contributed by atoms with Gasteiger partial charge in [-0.2, -0.15) is 0 Å². The molecule has 8 heteroatoms. The molecule has 0 amide bonds.